The Bertz CT molecular complexity index is 307. The molecule has 0 saturated heterocycles. The van der Waals surface area contributed by atoms with Crippen molar-refractivity contribution in [2.75, 3.05) is 0 Å². The number of aliphatic carboxylic acids is 2. The molecule has 4 nitrogen and oxygen atoms in total. The molecule has 0 radical (unpaired) electrons. The van der Waals surface area contributed by atoms with Gasteiger partial charge in [0.25, 0.3) is 0 Å². The van der Waals surface area contributed by atoms with Crippen LogP contribution in [0.2, 0.25) is 0 Å². The predicted molar refractivity (Wildman–Crippen MR) is 75.2 cm³/mol. The Kier molecular flexibility index (Phi) is 7.09. The Balaban J connectivity index is 4.37. The predicted octanol–water partition coefficient (Wildman–Crippen LogP) is 3.94. The monoisotopic (exact) mass is 272 g/mol. The molecular weight excluding hydrogens is 244 g/mol. The highest BCUT2D eigenvalue weighted by atomic mass is 16.4. The number of rotatable bonds is 10. The summed E-state index contributed by atoms with van der Waals surface area (Å²) in [6.07, 6.45) is 4.65. The highest BCUT2D eigenvalue weighted by Gasteiger charge is 2.35. The van der Waals surface area contributed by atoms with Crippen LogP contribution in [0.25, 0.3) is 0 Å². The lowest BCUT2D eigenvalue weighted by molar-refractivity contribution is -0.151. The second kappa shape index (κ2) is 7.51. The van der Waals surface area contributed by atoms with Crippen LogP contribution in [-0.4, -0.2) is 22.2 Å². The molecule has 0 aliphatic heterocycles. The summed E-state index contributed by atoms with van der Waals surface area (Å²) in [7, 11) is 0. The van der Waals surface area contributed by atoms with Gasteiger partial charge in [0.2, 0.25) is 0 Å². The maximum absolute atomic E-state index is 11.3. The minimum Gasteiger partial charge on any atom is -0.481 e. The number of hydrogen-bond donors (Lipinski definition) is 2. The smallest absolute Gasteiger partial charge is 0.309 e. The van der Waals surface area contributed by atoms with E-state index in [-0.39, 0.29) is 0 Å². The van der Waals surface area contributed by atoms with Gasteiger partial charge in [-0.1, -0.05) is 33.6 Å². The van der Waals surface area contributed by atoms with Gasteiger partial charge in [-0.25, -0.2) is 0 Å². The summed E-state index contributed by atoms with van der Waals surface area (Å²) in [5.74, 6) is -1.49. The molecule has 0 bridgehead atoms. The summed E-state index contributed by atoms with van der Waals surface area (Å²) in [5, 5.41) is 18.5. The molecule has 0 aromatic carbocycles. The Morgan fingerprint density at radius 3 is 1.63 bits per heavy atom. The van der Waals surface area contributed by atoms with Crippen LogP contribution < -0.4 is 0 Å². The second-order valence-electron chi connectivity index (χ2n) is 5.72. The van der Waals surface area contributed by atoms with E-state index in [1.54, 1.807) is 6.92 Å². The fraction of sp³-hybridized carbons (Fsp3) is 0.867. The van der Waals surface area contributed by atoms with Gasteiger partial charge in [-0.15, -0.1) is 0 Å². The average Bonchev–Trinajstić information content (AvgIpc) is 2.38. The van der Waals surface area contributed by atoms with Crippen molar-refractivity contribution in [3.05, 3.63) is 0 Å². The number of hydrogen-bond acceptors (Lipinski definition) is 2. The van der Waals surface area contributed by atoms with Gasteiger partial charge in [-0.05, 0) is 39.0 Å². The van der Waals surface area contributed by atoms with E-state index < -0.39 is 22.8 Å². The first kappa shape index (κ1) is 17.9. The van der Waals surface area contributed by atoms with Crippen LogP contribution in [0.15, 0.2) is 0 Å². The normalized spacial score (nSPS) is 14.9. The van der Waals surface area contributed by atoms with Crippen LogP contribution in [0.4, 0.5) is 0 Å². The maximum Gasteiger partial charge on any atom is 0.309 e. The van der Waals surface area contributed by atoms with Crippen LogP contribution >= 0.6 is 0 Å². The molecule has 19 heavy (non-hydrogen) atoms. The summed E-state index contributed by atoms with van der Waals surface area (Å²) in [5.41, 5.74) is -1.31. The van der Waals surface area contributed by atoms with Gasteiger partial charge < -0.3 is 10.2 Å². The first-order valence-corrected chi connectivity index (χ1v) is 7.24. The molecule has 0 aromatic heterocycles. The van der Waals surface area contributed by atoms with Gasteiger partial charge in [-0.3, -0.25) is 9.59 Å². The third kappa shape index (κ3) is 4.51. The molecule has 0 saturated carbocycles. The average molecular weight is 272 g/mol. The third-order valence-corrected chi connectivity index (χ3v) is 4.74. The van der Waals surface area contributed by atoms with Crippen molar-refractivity contribution in [1.82, 2.24) is 0 Å². The first-order valence-electron chi connectivity index (χ1n) is 7.24. The Hall–Kier alpha value is -1.06. The molecule has 0 amide bonds. The zero-order valence-corrected chi connectivity index (χ0v) is 12.7. The van der Waals surface area contributed by atoms with Crippen molar-refractivity contribution >= 4 is 11.9 Å². The zero-order valence-electron chi connectivity index (χ0n) is 12.7. The lowest BCUT2D eigenvalue weighted by Crippen LogP contribution is -2.30. The van der Waals surface area contributed by atoms with E-state index in [2.05, 4.69) is 0 Å². The highest BCUT2D eigenvalue weighted by molar-refractivity contribution is 5.74. The molecule has 4 heteroatoms. The number of unbranched alkanes of at least 4 members (excludes halogenated alkanes) is 1. The fourth-order valence-corrected chi connectivity index (χ4v) is 2.43. The van der Waals surface area contributed by atoms with Gasteiger partial charge in [0, 0.05) is 0 Å². The summed E-state index contributed by atoms with van der Waals surface area (Å²) >= 11 is 0. The van der Waals surface area contributed by atoms with E-state index in [9.17, 15) is 19.8 Å². The number of carbonyl (C=O) groups is 2. The Labute approximate surface area is 116 Å². The maximum atomic E-state index is 11.3. The second-order valence-corrected chi connectivity index (χ2v) is 5.72. The topological polar surface area (TPSA) is 74.6 Å². The molecule has 0 rings (SSSR count). The molecule has 0 heterocycles. The summed E-state index contributed by atoms with van der Waals surface area (Å²) < 4.78 is 0. The van der Waals surface area contributed by atoms with E-state index in [4.69, 9.17) is 0 Å². The third-order valence-electron chi connectivity index (χ3n) is 4.74. The van der Waals surface area contributed by atoms with Crippen molar-refractivity contribution in [3.63, 3.8) is 0 Å². The van der Waals surface area contributed by atoms with Crippen LogP contribution in [0.5, 0.6) is 0 Å². The molecule has 112 valence electrons. The Morgan fingerprint density at radius 2 is 1.32 bits per heavy atom. The SMILES string of the molecule is CCC(C)(CCCCC(CC)(CC)C(=O)O)C(=O)O. The molecule has 1 unspecified atom stereocenters. The van der Waals surface area contributed by atoms with Crippen molar-refractivity contribution in [2.45, 2.75) is 72.6 Å². The van der Waals surface area contributed by atoms with Crippen molar-refractivity contribution in [2.24, 2.45) is 10.8 Å². The van der Waals surface area contributed by atoms with E-state index in [1.165, 1.54) is 0 Å². The molecular formula is C15H28O4. The number of carboxylic acid groups (broad SMARTS) is 2. The Morgan fingerprint density at radius 1 is 0.842 bits per heavy atom. The van der Waals surface area contributed by atoms with E-state index >= 15 is 0 Å². The van der Waals surface area contributed by atoms with Crippen LogP contribution in [-0.2, 0) is 9.59 Å². The standard InChI is InChI=1S/C15H28O4/c1-5-14(4,12(16)17)10-8-9-11-15(6-2,7-3)13(18)19/h5-11H2,1-4H3,(H,16,17)(H,18,19). The van der Waals surface area contributed by atoms with Gasteiger partial charge in [0.1, 0.15) is 0 Å². The van der Waals surface area contributed by atoms with Gasteiger partial charge in [0.05, 0.1) is 10.8 Å². The summed E-state index contributed by atoms with van der Waals surface area (Å²) in [6.45, 7) is 7.46. The summed E-state index contributed by atoms with van der Waals surface area (Å²) in [6, 6.07) is 0. The van der Waals surface area contributed by atoms with E-state index in [1.807, 2.05) is 20.8 Å². The van der Waals surface area contributed by atoms with Crippen molar-refractivity contribution < 1.29 is 19.8 Å². The van der Waals surface area contributed by atoms with E-state index in [0.717, 1.165) is 12.8 Å². The van der Waals surface area contributed by atoms with Gasteiger partial charge in [-0.2, -0.15) is 0 Å². The fourth-order valence-electron chi connectivity index (χ4n) is 2.43. The van der Waals surface area contributed by atoms with Crippen molar-refractivity contribution in [1.29, 1.82) is 0 Å². The van der Waals surface area contributed by atoms with Crippen LogP contribution in [0.1, 0.15) is 72.6 Å². The minimum absolute atomic E-state index is 0.605. The molecule has 0 spiro atoms. The molecule has 0 aliphatic carbocycles. The molecule has 1 atom stereocenters. The lowest BCUT2D eigenvalue weighted by Gasteiger charge is -2.28. The molecule has 0 fully saturated rings. The van der Waals surface area contributed by atoms with Crippen LogP contribution in [0, 0.1) is 10.8 Å². The quantitative estimate of drug-likeness (QED) is 0.591. The summed E-state index contributed by atoms with van der Waals surface area (Å²) in [4.78, 5) is 22.5. The number of carboxylic acids is 2. The molecule has 2 N–H and O–H groups in total. The zero-order chi connectivity index (χ0) is 15.1. The first-order chi connectivity index (χ1) is 8.78. The van der Waals surface area contributed by atoms with Gasteiger partial charge in [0.15, 0.2) is 0 Å². The molecule has 0 aliphatic rings. The minimum atomic E-state index is -0.759. The highest BCUT2D eigenvalue weighted by Crippen LogP contribution is 2.35. The van der Waals surface area contributed by atoms with Crippen LogP contribution in [0.3, 0.4) is 0 Å². The largest absolute Gasteiger partial charge is 0.481 e. The van der Waals surface area contributed by atoms with Crippen molar-refractivity contribution in [3.8, 4) is 0 Å². The van der Waals surface area contributed by atoms with Gasteiger partial charge >= 0.3 is 11.9 Å². The van der Waals surface area contributed by atoms with E-state index in [0.29, 0.717) is 32.1 Å². The lowest BCUT2D eigenvalue weighted by atomic mass is 9.76. The molecule has 0 aromatic rings.